The van der Waals surface area contributed by atoms with Gasteiger partial charge < -0.3 is 10.0 Å². The average molecular weight is 222 g/mol. The minimum absolute atomic E-state index is 0. The summed E-state index contributed by atoms with van der Waals surface area (Å²) in [5.74, 6) is -0.676. The summed E-state index contributed by atoms with van der Waals surface area (Å²) in [6.07, 6.45) is 4.98. The van der Waals surface area contributed by atoms with Crippen LogP contribution in [0.4, 0.5) is 0 Å². The highest BCUT2D eigenvalue weighted by Gasteiger charge is 2.17. The normalized spacial score (nSPS) is 22.8. The van der Waals surface area contributed by atoms with E-state index < -0.39 is 5.97 Å². The Morgan fingerprint density at radius 2 is 2.21 bits per heavy atom. The number of nitrogens with zero attached hydrogens (tertiary/aromatic N) is 1. The smallest absolute Gasteiger partial charge is 0.303 e. The first-order valence-electron chi connectivity index (χ1n) is 5.16. The number of rotatable bonds is 4. The van der Waals surface area contributed by atoms with Gasteiger partial charge in [-0.1, -0.05) is 6.42 Å². The largest absolute Gasteiger partial charge is 0.481 e. The van der Waals surface area contributed by atoms with Crippen LogP contribution in [0.1, 0.15) is 39.0 Å². The first-order chi connectivity index (χ1) is 6.20. The molecule has 0 aliphatic carbocycles. The van der Waals surface area contributed by atoms with Crippen LogP contribution in [-0.2, 0) is 4.79 Å². The molecule has 1 atom stereocenters. The highest BCUT2D eigenvalue weighted by atomic mass is 35.5. The summed E-state index contributed by atoms with van der Waals surface area (Å²) in [6, 6.07) is 0.655. The van der Waals surface area contributed by atoms with E-state index in [1.165, 1.54) is 19.3 Å². The lowest BCUT2D eigenvalue weighted by molar-refractivity contribution is -0.137. The van der Waals surface area contributed by atoms with Crippen molar-refractivity contribution >= 4 is 18.4 Å². The van der Waals surface area contributed by atoms with Gasteiger partial charge in [-0.05, 0) is 39.3 Å². The van der Waals surface area contributed by atoms with Crippen LogP contribution in [0.3, 0.4) is 0 Å². The predicted octanol–water partition coefficient (Wildman–Crippen LogP) is 2.15. The quantitative estimate of drug-likeness (QED) is 0.791. The van der Waals surface area contributed by atoms with Gasteiger partial charge in [-0.25, -0.2) is 0 Å². The lowest BCUT2D eigenvalue weighted by Gasteiger charge is -2.33. The van der Waals surface area contributed by atoms with Crippen molar-refractivity contribution in [1.82, 2.24) is 4.90 Å². The molecule has 0 aromatic heterocycles. The fraction of sp³-hybridized carbons (Fsp3) is 0.900. The van der Waals surface area contributed by atoms with E-state index in [4.69, 9.17) is 5.11 Å². The molecule has 14 heavy (non-hydrogen) atoms. The number of hydrogen-bond acceptors (Lipinski definition) is 2. The van der Waals surface area contributed by atoms with Crippen molar-refractivity contribution in [2.24, 2.45) is 0 Å². The molecule has 4 heteroatoms. The molecule has 1 rings (SSSR count). The van der Waals surface area contributed by atoms with Crippen molar-refractivity contribution in [1.29, 1.82) is 0 Å². The molecule has 0 amide bonds. The second-order valence-electron chi connectivity index (χ2n) is 3.88. The first-order valence-corrected chi connectivity index (χ1v) is 5.16. The SMILES string of the molecule is CC1CCCCN1CCCC(=O)O.Cl. The fourth-order valence-electron chi connectivity index (χ4n) is 1.92. The zero-order chi connectivity index (χ0) is 9.68. The van der Waals surface area contributed by atoms with Gasteiger partial charge in [0.25, 0.3) is 0 Å². The van der Waals surface area contributed by atoms with Gasteiger partial charge >= 0.3 is 5.97 Å². The monoisotopic (exact) mass is 221 g/mol. The molecule has 0 aromatic carbocycles. The Hall–Kier alpha value is -0.280. The molecule has 1 unspecified atom stereocenters. The number of hydrogen-bond donors (Lipinski definition) is 1. The molecule has 1 aliphatic heterocycles. The first kappa shape index (κ1) is 13.7. The number of aliphatic carboxylic acids is 1. The molecule has 0 radical (unpaired) electrons. The van der Waals surface area contributed by atoms with Crippen LogP contribution in [0.25, 0.3) is 0 Å². The number of piperidine rings is 1. The van der Waals surface area contributed by atoms with Crippen LogP contribution in [0, 0.1) is 0 Å². The Morgan fingerprint density at radius 3 is 2.79 bits per heavy atom. The third-order valence-electron chi connectivity index (χ3n) is 2.78. The fourth-order valence-corrected chi connectivity index (χ4v) is 1.92. The Labute approximate surface area is 91.9 Å². The number of halogens is 1. The second kappa shape index (κ2) is 7.07. The van der Waals surface area contributed by atoms with Crippen LogP contribution in [0.15, 0.2) is 0 Å². The van der Waals surface area contributed by atoms with Crippen LogP contribution >= 0.6 is 12.4 Å². The number of carboxylic acid groups (broad SMARTS) is 1. The van der Waals surface area contributed by atoms with Gasteiger partial charge in [0, 0.05) is 12.5 Å². The average Bonchev–Trinajstić information content (AvgIpc) is 2.08. The number of carbonyl (C=O) groups is 1. The van der Waals surface area contributed by atoms with Crippen molar-refractivity contribution < 1.29 is 9.90 Å². The molecule has 3 nitrogen and oxygen atoms in total. The van der Waals surface area contributed by atoms with Crippen molar-refractivity contribution in [2.45, 2.75) is 45.1 Å². The topological polar surface area (TPSA) is 40.5 Å². The van der Waals surface area contributed by atoms with E-state index in [9.17, 15) is 4.79 Å². The molecule has 1 saturated heterocycles. The van der Waals surface area contributed by atoms with Gasteiger partial charge in [-0.3, -0.25) is 4.79 Å². The van der Waals surface area contributed by atoms with E-state index in [0.717, 1.165) is 19.5 Å². The maximum Gasteiger partial charge on any atom is 0.303 e. The van der Waals surface area contributed by atoms with E-state index in [1.54, 1.807) is 0 Å². The number of carboxylic acids is 1. The van der Waals surface area contributed by atoms with Crippen LogP contribution in [0.2, 0.25) is 0 Å². The van der Waals surface area contributed by atoms with E-state index in [2.05, 4.69) is 11.8 Å². The lowest BCUT2D eigenvalue weighted by atomic mass is 10.0. The summed E-state index contributed by atoms with van der Waals surface area (Å²) in [7, 11) is 0. The summed E-state index contributed by atoms with van der Waals surface area (Å²) in [5, 5.41) is 8.49. The zero-order valence-corrected chi connectivity index (χ0v) is 9.55. The van der Waals surface area contributed by atoms with Gasteiger partial charge in [0.05, 0.1) is 0 Å². The van der Waals surface area contributed by atoms with Crippen molar-refractivity contribution in [3.8, 4) is 0 Å². The van der Waals surface area contributed by atoms with Crippen molar-refractivity contribution in [2.75, 3.05) is 13.1 Å². The maximum atomic E-state index is 10.3. The summed E-state index contributed by atoms with van der Waals surface area (Å²) < 4.78 is 0. The molecular weight excluding hydrogens is 202 g/mol. The Balaban J connectivity index is 0.00000169. The van der Waals surface area contributed by atoms with Gasteiger partial charge in [-0.2, -0.15) is 0 Å². The summed E-state index contributed by atoms with van der Waals surface area (Å²) >= 11 is 0. The molecule has 84 valence electrons. The molecule has 0 spiro atoms. The van der Waals surface area contributed by atoms with Gasteiger partial charge in [0.2, 0.25) is 0 Å². The molecule has 1 N–H and O–H groups in total. The summed E-state index contributed by atoms with van der Waals surface area (Å²) in [6.45, 7) is 4.34. The molecule has 1 fully saturated rings. The van der Waals surface area contributed by atoms with Crippen molar-refractivity contribution in [3.05, 3.63) is 0 Å². The van der Waals surface area contributed by atoms with Crippen molar-refractivity contribution in [3.63, 3.8) is 0 Å². The van der Waals surface area contributed by atoms with Gasteiger partial charge in [0.1, 0.15) is 0 Å². The Kier molecular flexibility index (Phi) is 6.93. The highest BCUT2D eigenvalue weighted by molar-refractivity contribution is 5.85. The standard InChI is InChI=1S/C10H19NO2.ClH/c1-9-5-2-3-7-11(9)8-4-6-10(12)13;/h9H,2-8H2,1H3,(H,12,13);1H. The molecule has 0 aromatic rings. The molecular formula is C10H20ClNO2. The minimum Gasteiger partial charge on any atom is -0.481 e. The highest BCUT2D eigenvalue weighted by Crippen LogP contribution is 2.16. The zero-order valence-electron chi connectivity index (χ0n) is 8.74. The van der Waals surface area contributed by atoms with E-state index >= 15 is 0 Å². The lowest BCUT2D eigenvalue weighted by Crippen LogP contribution is -2.38. The van der Waals surface area contributed by atoms with E-state index in [0.29, 0.717) is 12.5 Å². The van der Waals surface area contributed by atoms with Crippen LogP contribution < -0.4 is 0 Å². The third kappa shape index (κ3) is 4.82. The Bertz CT molecular complexity index is 176. The van der Waals surface area contributed by atoms with Crippen LogP contribution in [-0.4, -0.2) is 35.1 Å². The molecule has 1 heterocycles. The van der Waals surface area contributed by atoms with Gasteiger partial charge in [-0.15, -0.1) is 12.4 Å². The third-order valence-corrected chi connectivity index (χ3v) is 2.78. The molecule has 0 saturated carbocycles. The molecule has 0 bridgehead atoms. The molecule has 1 aliphatic rings. The predicted molar refractivity (Wildman–Crippen MR) is 59.0 cm³/mol. The maximum absolute atomic E-state index is 10.3. The number of likely N-dealkylation sites (tertiary alicyclic amines) is 1. The van der Waals surface area contributed by atoms with Gasteiger partial charge in [0.15, 0.2) is 0 Å². The summed E-state index contributed by atoms with van der Waals surface area (Å²) in [5.41, 5.74) is 0. The minimum atomic E-state index is -0.676. The van der Waals surface area contributed by atoms with Crippen LogP contribution in [0.5, 0.6) is 0 Å². The van der Waals surface area contributed by atoms with E-state index in [-0.39, 0.29) is 12.4 Å². The van der Waals surface area contributed by atoms with E-state index in [1.807, 2.05) is 0 Å². The Morgan fingerprint density at radius 1 is 1.50 bits per heavy atom. The second-order valence-corrected chi connectivity index (χ2v) is 3.88. The summed E-state index contributed by atoms with van der Waals surface area (Å²) in [4.78, 5) is 12.7.